The molecule has 2 amide bonds. The van der Waals surface area contributed by atoms with E-state index in [1.54, 1.807) is 36.4 Å². The van der Waals surface area contributed by atoms with Crippen LogP contribution in [-0.2, 0) is 25.5 Å². The molecule has 1 aliphatic heterocycles. The average Bonchev–Trinajstić information content (AvgIpc) is 2.69. The van der Waals surface area contributed by atoms with Gasteiger partial charge in [0.25, 0.3) is 5.91 Å². The number of aryl methyl sites for hydroxylation is 1. The second-order valence-corrected chi connectivity index (χ2v) is 6.21. The van der Waals surface area contributed by atoms with Crippen LogP contribution < -0.4 is 15.0 Å². The Hall–Kier alpha value is -3.55. The fourth-order valence-corrected chi connectivity index (χ4v) is 2.89. The first kappa shape index (κ1) is 19.2. The Morgan fingerprint density at radius 2 is 2.00 bits per heavy atom. The quantitative estimate of drug-likeness (QED) is 0.737. The van der Waals surface area contributed by atoms with Crippen molar-refractivity contribution in [1.29, 1.82) is 0 Å². The van der Waals surface area contributed by atoms with Crippen LogP contribution in [0.1, 0.15) is 12.0 Å². The van der Waals surface area contributed by atoms with Crippen LogP contribution in [0.15, 0.2) is 42.5 Å². The number of carbonyl (C=O) groups is 3. The first-order valence-electron chi connectivity index (χ1n) is 8.68. The molecule has 0 aliphatic carbocycles. The van der Waals surface area contributed by atoms with Crippen LogP contribution in [0.25, 0.3) is 0 Å². The van der Waals surface area contributed by atoms with Gasteiger partial charge < -0.3 is 19.9 Å². The fraction of sp³-hybridized carbons (Fsp3) is 0.250. The first-order valence-corrected chi connectivity index (χ1v) is 8.68. The Morgan fingerprint density at radius 1 is 1.21 bits per heavy atom. The third-order valence-electron chi connectivity index (χ3n) is 4.29. The van der Waals surface area contributed by atoms with Crippen LogP contribution in [0.3, 0.4) is 0 Å². The van der Waals surface area contributed by atoms with Gasteiger partial charge in [-0.2, -0.15) is 0 Å². The summed E-state index contributed by atoms with van der Waals surface area (Å²) >= 11 is 0. The number of phenols is 1. The summed E-state index contributed by atoms with van der Waals surface area (Å²) in [6.07, 6.45) is 0.398. The van der Waals surface area contributed by atoms with Gasteiger partial charge in [-0.05, 0) is 36.2 Å². The summed E-state index contributed by atoms with van der Waals surface area (Å²) < 4.78 is 10.0. The largest absolute Gasteiger partial charge is 0.504 e. The Bertz CT molecular complexity index is 911. The smallest absolute Gasteiger partial charge is 0.306 e. The van der Waals surface area contributed by atoms with E-state index >= 15 is 0 Å². The van der Waals surface area contributed by atoms with E-state index in [2.05, 4.69) is 5.32 Å². The van der Waals surface area contributed by atoms with Gasteiger partial charge in [0.15, 0.2) is 18.1 Å². The molecule has 146 valence electrons. The molecule has 0 unspecified atom stereocenters. The van der Waals surface area contributed by atoms with Crippen molar-refractivity contribution < 1.29 is 29.0 Å². The Kier molecular flexibility index (Phi) is 5.78. The number of carbonyl (C=O) groups excluding carboxylic acids is 3. The molecule has 3 rings (SSSR count). The number of anilines is 2. The summed E-state index contributed by atoms with van der Waals surface area (Å²) in [5.74, 6) is -0.984. The number of nitrogens with one attached hydrogen (secondary N) is 1. The number of hydrogen-bond donors (Lipinski definition) is 2. The van der Waals surface area contributed by atoms with Gasteiger partial charge in [0, 0.05) is 6.42 Å². The first-order chi connectivity index (χ1) is 13.5. The van der Waals surface area contributed by atoms with E-state index in [0.29, 0.717) is 23.5 Å². The van der Waals surface area contributed by atoms with Crippen molar-refractivity contribution in [3.8, 4) is 11.5 Å². The molecule has 8 heteroatoms. The lowest BCUT2D eigenvalue weighted by molar-refractivity contribution is -0.147. The van der Waals surface area contributed by atoms with E-state index < -0.39 is 18.5 Å². The van der Waals surface area contributed by atoms with Crippen LogP contribution in [0.2, 0.25) is 0 Å². The van der Waals surface area contributed by atoms with Gasteiger partial charge in [-0.3, -0.25) is 19.3 Å². The van der Waals surface area contributed by atoms with E-state index in [1.807, 2.05) is 0 Å². The minimum Gasteiger partial charge on any atom is -0.504 e. The van der Waals surface area contributed by atoms with E-state index in [4.69, 9.17) is 9.47 Å². The lowest BCUT2D eigenvalue weighted by Crippen LogP contribution is -2.44. The molecule has 2 aromatic rings. The maximum atomic E-state index is 12.4. The zero-order chi connectivity index (χ0) is 20.1. The monoisotopic (exact) mass is 384 g/mol. The summed E-state index contributed by atoms with van der Waals surface area (Å²) in [4.78, 5) is 37.4. The van der Waals surface area contributed by atoms with Crippen molar-refractivity contribution in [3.63, 3.8) is 0 Å². The summed E-state index contributed by atoms with van der Waals surface area (Å²) in [5, 5.41) is 12.4. The SMILES string of the molecule is COc1ccc(CCC(=O)OCC(=O)N2CC(=O)Nc3ccccc32)cc1O. The summed E-state index contributed by atoms with van der Waals surface area (Å²) in [7, 11) is 1.45. The van der Waals surface area contributed by atoms with Crippen molar-refractivity contribution in [3.05, 3.63) is 48.0 Å². The van der Waals surface area contributed by atoms with Gasteiger partial charge in [0.2, 0.25) is 5.91 Å². The van der Waals surface area contributed by atoms with Crippen LogP contribution in [0, 0.1) is 0 Å². The highest BCUT2D eigenvalue weighted by molar-refractivity contribution is 6.10. The Labute approximate surface area is 161 Å². The summed E-state index contributed by atoms with van der Waals surface area (Å²) in [5.41, 5.74) is 1.85. The fourth-order valence-electron chi connectivity index (χ4n) is 2.89. The van der Waals surface area contributed by atoms with Crippen LogP contribution in [0.5, 0.6) is 11.5 Å². The number of aromatic hydroxyl groups is 1. The molecular formula is C20H20N2O6. The average molecular weight is 384 g/mol. The number of rotatable bonds is 6. The molecule has 2 aromatic carbocycles. The number of amides is 2. The Balaban J connectivity index is 1.53. The number of ether oxygens (including phenoxy) is 2. The maximum Gasteiger partial charge on any atom is 0.306 e. The van der Waals surface area contributed by atoms with Gasteiger partial charge in [0.1, 0.15) is 6.54 Å². The molecule has 0 radical (unpaired) electrons. The number of phenolic OH excluding ortho intramolecular Hbond substituents is 1. The van der Waals surface area contributed by atoms with Crippen LogP contribution in [0.4, 0.5) is 11.4 Å². The second-order valence-electron chi connectivity index (χ2n) is 6.21. The number of esters is 1. The van der Waals surface area contributed by atoms with E-state index in [9.17, 15) is 19.5 Å². The molecule has 0 atom stereocenters. The molecule has 28 heavy (non-hydrogen) atoms. The van der Waals surface area contributed by atoms with Crippen molar-refractivity contribution >= 4 is 29.2 Å². The highest BCUT2D eigenvalue weighted by atomic mass is 16.5. The predicted molar refractivity (Wildman–Crippen MR) is 101 cm³/mol. The predicted octanol–water partition coefficient (Wildman–Crippen LogP) is 1.86. The van der Waals surface area contributed by atoms with Crippen LogP contribution >= 0.6 is 0 Å². The van der Waals surface area contributed by atoms with Gasteiger partial charge in [-0.25, -0.2) is 0 Å². The van der Waals surface area contributed by atoms with E-state index in [0.717, 1.165) is 5.56 Å². The number of methoxy groups -OCH3 is 1. The lowest BCUT2D eigenvalue weighted by Gasteiger charge is -2.28. The van der Waals surface area contributed by atoms with Crippen molar-refractivity contribution in [1.82, 2.24) is 0 Å². The standard InChI is InChI=1S/C20H20N2O6/c1-27-17-8-6-13(10-16(17)23)7-9-20(26)28-12-19(25)22-11-18(24)21-14-4-2-3-5-15(14)22/h2-6,8,10,23H,7,9,11-12H2,1H3,(H,21,24). The van der Waals surface area contributed by atoms with E-state index in [-0.39, 0.29) is 24.6 Å². The summed E-state index contributed by atoms with van der Waals surface area (Å²) in [6, 6.07) is 11.8. The molecule has 0 bridgehead atoms. The topological polar surface area (TPSA) is 105 Å². The lowest BCUT2D eigenvalue weighted by atomic mass is 10.1. The molecule has 0 aromatic heterocycles. The van der Waals surface area contributed by atoms with E-state index in [1.165, 1.54) is 18.1 Å². The van der Waals surface area contributed by atoms with Gasteiger partial charge in [0.05, 0.1) is 18.5 Å². The molecule has 0 fully saturated rings. The molecule has 0 saturated heterocycles. The maximum absolute atomic E-state index is 12.4. The van der Waals surface area contributed by atoms with Gasteiger partial charge >= 0.3 is 5.97 Å². The molecule has 0 saturated carbocycles. The van der Waals surface area contributed by atoms with Crippen LogP contribution in [-0.4, -0.2) is 43.2 Å². The minimum atomic E-state index is -0.543. The molecule has 0 spiro atoms. The van der Waals surface area contributed by atoms with Crippen molar-refractivity contribution in [2.24, 2.45) is 0 Å². The molecule has 1 heterocycles. The molecule has 2 N–H and O–H groups in total. The van der Waals surface area contributed by atoms with Gasteiger partial charge in [-0.15, -0.1) is 0 Å². The zero-order valence-corrected chi connectivity index (χ0v) is 15.3. The highest BCUT2D eigenvalue weighted by Gasteiger charge is 2.27. The third kappa shape index (κ3) is 4.40. The molecule has 1 aliphatic rings. The summed E-state index contributed by atoms with van der Waals surface area (Å²) in [6.45, 7) is -0.577. The number of nitrogens with zero attached hydrogens (tertiary/aromatic N) is 1. The highest BCUT2D eigenvalue weighted by Crippen LogP contribution is 2.29. The number of para-hydroxylation sites is 2. The number of fused-ring (bicyclic) bond motifs is 1. The third-order valence-corrected chi connectivity index (χ3v) is 4.29. The van der Waals surface area contributed by atoms with Crippen molar-refractivity contribution in [2.45, 2.75) is 12.8 Å². The number of hydrogen-bond acceptors (Lipinski definition) is 6. The normalized spacial score (nSPS) is 12.8. The molecule has 8 nitrogen and oxygen atoms in total. The number of benzene rings is 2. The minimum absolute atomic E-state index is 0.00872. The van der Waals surface area contributed by atoms with Crippen molar-refractivity contribution in [2.75, 3.05) is 30.5 Å². The zero-order valence-electron chi connectivity index (χ0n) is 15.3. The Morgan fingerprint density at radius 3 is 2.75 bits per heavy atom. The molecular weight excluding hydrogens is 364 g/mol. The second kappa shape index (κ2) is 8.43. The van der Waals surface area contributed by atoms with Gasteiger partial charge in [-0.1, -0.05) is 18.2 Å².